The van der Waals surface area contributed by atoms with Crippen LogP contribution in [0.3, 0.4) is 0 Å². The molecule has 0 saturated carbocycles. The number of hydrogen-bond acceptors (Lipinski definition) is 5. The Morgan fingerprint density at radius 3 is 2.35 bits per heavy atom. The number of halogens is 1. The average molecular weight is 282 g/mol. The minimum absolute atomic E-state index is 0.0394. The fourth-order valence-corrected chi connectivity index (χ4v) is 1.87. The zero-order valence-electron chi connectivity index (χ0n) is 12.2. The first kappa shape index (κ1) is 15.2. The van der Waals surface area contributed by atoms with Crippen LogP contribution in [0.25, 0.3) is 0 Å². The van der Waals surface area contributed by atoms with E-state index in [1.54, 1.807) is 12.1 Å². The van der Waals surface area contributed by atoms with Crippen LogP contribution in [0.2, 0.25) is 0 Å². The largest absolute Gasteiger partial charge is 0.499 e. The van der Waals surface area contributed by atoms with Crippen LogP contribution in [-0.4, -0.2) is 41.6 Å². The maximum atomic E-state index is 14.1. The van der Waals surface area contributed by atoms with Crippen LogP contribution >= 0.6 is 0 Å². The quantitative estimate of drug-likeness (QED) is 0.635. The van der Waals surface area contributed by atoms with Crippen LogP contribution < -0.4 is 10.8 Å². The fraction of sp³-hybridized carbons (Fsp3) is 0.615. The molecule has 0 unspecified atom stereocenters. The van der Waals surface area contributed by atoms with Crippen molar-refractivity contribution in [1.29, 1.82) is 0 Å². The molecule has 2 rings (SSSR count). The molecule has 0 bridgehead atoms. The topological polar surface area (TPSA) is 63.6 Å². The summed E-state index contributed by atoms with van der Waals surface area (Å²) in [4.78, 5) is 3.80. The molecule has 7 heteroatoms. The molecule has 20 heavy (non-hydrogen) atoms. The van der Waals surface area contributed by atoms with E-state index in [4.69, 9.17) is 14.4 Å². The maximum absolute atomic E-state index is 14.1. The molecular formula is C13H20BFN2O3. The highest BCUT2D eigenvalue weighted by atomic mass is 19.1. The first-order valence-electron chi connectivity index (χ1n) is 6.63. The van der Waals surface area contributed by atoms with Gasteiger partial charge < -0.3 is 19.7 Å². The standard InChI is InChI=1S/C13H20BFN2O3/c1-12(2)13(3,4)20-14(19-12)9-5-6-10(16-7-8-18)17-11(9)15/h5-6,18H,7-8H2,1-4H3,(H,16,17). The number of rotatable bonds is 4. The van der Waals surface area contributed by atoms with Crippen molar-refractivity contribution in [3.63, 3.8) is 0 Å². The second kappa shape index (κ2) is 5.31. The van der Waals surface area contributed by atoms with Gasteiger partial charge in [0.15, 0.2) is 0 Å². The van der Waals surface area contributed by atoms with Gasteiger partial charge >= 0.3 is 7.12 Å². The molecule has 0 radical (unpaired) electrons. The van der Waals surface area contributed by atoms with Gasteiger partial charge in [-0.3, -0.25) is 0 Å². The second-order valence-electron chi connectivity index (χ2n) is 5.82. The predicted octanol–water partition coefficient (Wildman–Crippen LogP) is 0.924. The number of anilines is 1. The Labute approximate surface area is 118 Å². The Kier molecular flexibility index (Phi) is 4.04. The van der Waals surface area contributed by atoms with Gasteiger partial charge in [0.1, 0.15) is 5.82 Å². The molecule has 1 aromatic heterocycles. The van der Waals surface area contributed by atoms with Gasteiger partial charge in [0.2, 0.25) is 5.95 Å². The summed E-state index contributed by atoms with van der Waals surface area (Å²) in [7, 11) is -0.764. The third kappa shape index (κ3) is 2.80. The molecule has 110 valence electrons. The molecule has 1 aromatic rings. The molecule has 5 nitrogen and oxygen atoms in total. The zero-order chi connectivity index (χ0) is 15.0. The number of pyridine rings is 1. The molecule has 1 aliphatic heterocycles. The Hall–Kier alpha value is -1.18. The van der Waals surface area contributed by atoms with Crippen molar-refractivity contribution < 1.29 is 18.8 Å². The number of hydrogen-bond donors (Lipinski definition) is 2. The van der Waals surface area contributed by atoms with Gasteiger partial charge in [-0.2, -0.15) is 4.39 Å². The van der Waals surface area contributed by atoms with Crippen LogP contribution in [0.15, 0.2) is 12.1 Å². The summed E-state index contributed by atoms with van der Waals surface area (Å²) in [5.74, 6) is -0.261. The lowest BCUT2D eigenvalue weighted by molar-refractivity contribution is 0.00578. The Morgan fingerprint density at radius 1 is 1.25 bits per heavy atom. The van der Waals surface area contributed by atoms with Crippen molar-refractivity contribution >= 4 is 18.4 Å². The fourth-order valence-electron chi connectivity index (χ4n) is 1.87. The van der Waals surface area contributed by atoms with E-state index in [9.17, 15) is 4.39 Å². The van der Waals surface area contributed by atoms with Crippen LogP contribution in [0.5, 0.6) is 0 Å². The summed E-state index contributed by atoms with van der Waals surface area (Å²) in [5.41, 5.74) is -0.756. The van der Waals surface area contributed by atoms with E-state index in [1.165, 1.54) is 0 Å². The summed E-state index contributed by atoms with van der Waals surface area (Å²) in [6.07, 6.45) is 0. The molecule has 1 saturated heterocycles. The molecule has 1 fully saturated rings. The molecule has 0 aliphatic carbocycles. The van der Waals surface area contributed by atoms with E-state index in [2.05, 4.69) is 10.3 Å². The molecule has 0 spiro atoms. The highest BCUT2D eigenvalue weighted by Crippen LogP contribution is 2.36. The molecular weight excluding hydrogens is 262 g/mol. The first-order chi connectivity index (χ1) is 9.27. The van der Waals surface area contributed by atoms with Crippen molar-refractivity contribution in [1.82, 2.24) is 4.98 Å². The van der Waals surface area contributed by atoms with Crippen LogP contribution in [0.4, 0.5) is 10.2 Å². The summed E-state index contributed by atoms with van der Waals surface area (Å²) in [6, 6.07) is 3.23. The number of nitrogens with zero attached hydrogens (tertiary/aromatic N) is 1. The second-order valence-corrected chi connectivity index (χ2v) is 5.82. The predicted molar refractivity (Wildman–Crippen MR) is 75.5 cm³/mol. The third-order valence-corrected chi connectivity index (χ3v) is 3.80. The van der Waals surface area contributed by atoms with E-state index in [0.29, 0.717) is 12.4 Å². The molecule has 2 heterocycles. The van der Waals surface area contributed by atoms with Gasteiger partial charge in [-0.05, 0) is 33.8 Å². The SMILES string of the molecule is CC1(C)OB(c2ccc(NCCO)nc2F)OC1(C)C. The van der Waals surface area contributed by atoms with Crippen molar-refractivity contribution in [3.8, 4) is 0 Å². The number of aromatic nitrogens is 1. The first-order valence-corrected chi connectivity index (χ1v) is 6.63. The van der Waals surface area contributed by atoms with Gasteiger partial charge in [-0.25, -0.2) is 4.98 Å². The molecule has 0 atom stereocenters. The van der Waals surface area contributed by atoms with Crippen LogP contribution in [-0.2, 0) is 9.31 Å². The lowest BCUT2D eigenvalue weighted by Gasteiger charge is -2.32. The van der Waals surface area contributed by atoms with E-state index in [1.807, 2.05) is 27.7 Å². The van der Waals surface area contributed by atoms with E-state index < -0.39 is 24.3 Å². The lowest BCUT2D eigenvalue weighted by Crippen LogP contribution is -2.41. The van der Waals surface area contributed by atoms with E-state index in [0.717, 1.165) is 0 Å². The lowest BCUT2D eigenvalue weighted by atomic mass is 9.80. The van der Waals surface area contributed by atoms with Crippen LogP contribution in [0, 0.1) is 5.95 Å². The Morgan fingerprint density at radius 2 is 1.85 bits per heavy atom. The van der Waals surface area contributed by atoms with Gasteiger partial charge in [-0.15, -0.1) is 0 Å². The maximum Gasteiger partial charge on any atom is 0.499 e. The minimum atomic E-state index is -0.764. The van der Waals surface area contributed by atoms with E-state index >= 15 is 0 Å². The Balaban J connectivity index is 2.19. The highest BCUT2D eigenvalue weighted by Gasteiger charge is 2.52. The summed E-state index contributed by atoms with van der Waals surface area (Å²) in [5, 5.41) is 11.5. The summed E-state index contributed by atoms with van der Waals surface area (Å²) in [6.45, 7) is 7.93. The number of aliphatic hydroxyl groups is 1. The van der Waals surface area contributed by atoms with Crippen LogP contribution in [0.1, 0.15) is 27.7 Å². The average Bonchev–Trinajstić information content (AvgIpc) is 2.55. The zero-order valence-corrected chi connectivity index (χ0v) is 12.2. The number of nitrogens with one attached hydrogen (secondary N) is 1. The van der Waals surface area contributed by atoms with E-state index in [-0.39, 0.29) is 12.1 Å². The van der Waals surface area contributed by atoms with Crippen molar-refractivity contribution in [2.45, 2.75) is 38.9 Å². The molecule has 0 amide bonds. The normalized spacial score (nSPS) is 20.2. The van der Waals surface area contributed by atoms with Gasteiger partial charge in [0.25, 0.3) is 0 Å². The summed E-state index contributed by atoms with van der Waals surface area (Å²) >= 11 is 0. The highest BCUT2D eigenvalue weighted by molar-refractivity contribution is 6.62. The van der Waals surface area contributed by atoms with Crippen molar-refractivity contribution in [2.24, 2.45) is 0 Å². The van der Waals surface area contributed by atoms with Crippen molar-refractivity contribution in [2.75, 3.05) is 18.5 Å². The van der Waals surface area contributed by atoms with Gasteiger partial charge in [0.05, 0.1) is 17.8 Å². The summed E-state index contributed by atoms with van der Waals surface area (Å²) < 4.78 is 25.6. The van der Waals surface area contributed by atoms with Crippen molar-refractivity contribution in [3.05, 3.63) is 18.1 Å². The Bertz CT molecular complexity index is 481. The molecule has 2 N–H and O–H groups in total. The minimum Gasteiger partial charge on any atom is -0.399 e. The monoisotopic (exact) mass is 282 g/mol. The molecule has 1 aliphatic rings. The third-order valence-electron chi connectivity index (χ3n) is 3.80. The van der Waals surface area contributed by atoms with Gasteiger partial charge in [0, 0.05) is 12.0 Å². The smallest absolute Gasteiger partial charge is 0.399 e. The number of aliphatic hydroxyl groups excluding tert-OH is 1. The van der Waals surface area contributed by atoms with Gasteiger partial charge in [-0.1, -0.05) is 6.07 Å². The molecule has 0 aromatic carbocycles.